The molecule has 3 unspecified atom stereocenters. The van der Waals surface area contributed by atoms with Gasteiger partial charge in [-0.25, -0.2) is 0 Å². The molecule has 4 aliphatic rings. The zero-order chi connectivity index (χ0) is 15.3. The Labute approximate surface area is 130 Å². The van der Waals surface area contributed by atoms with Crippen LogP contribution in [-0.4, -0.2) is 12.1 Å². The first-order chi connectivity index (χ1) is 9.90. The Hall–Kier alpha value is -0.530. The summed E-state index contributed by atoms with van der Waals surface area (Å²) in [6.45, 7) is 8.42. The maximum Gasteiger partial charge on any atom is 0.311 e. The molecule has 4 saturated carbocycles. The van der Waals surface area contributed by atoms with E-state index in [1.54, 1.807) is 0 Å². The van der Waals surface area contributed by atoms with Gasteiger partial charge in [-0.15, -0.1) is 0 Å². The van der Waals surface area contributed by atoms with E-state index in [0.717, 1.165) is 18.3 Å². The summed E-state index contributed by atoms with van der Waals surface area (Å²) in [4.78, 5) is 12.6. The van der Waals surface area contributed by atoms with Crippen molar-refractivity contribution in [3.05, 3.63) is 0 Å². The zero-order valence-electron chi connectivity index (χ0n) is 14.3. The highest BCUT2D eigenvalue weighted by atomic mass is 16.5. The van der Waals surface area contributed by atoms with Crippen molar-refractivity contribution < 1.29 is 9.53 Å². The second-order valence-corrected chi connectivity index (χ2v) is 8.78. The van der Waals surface area contributed by atoms with Gasteiger partial charge in [-0.3, -0.25) is 4.79 Å². The van der Waals surface area contributed by atoms with Crippen molar-refractivity contribution >= 4 is 5.97 Å². The molecule has 3 atom stereocenters. The van der Waals surface area contributed by atoms with E-state index in [1.165, 1.54) is 44.9 Å². The first-order valence-corrected chi connectivity index (χ1v) is 9.11. The number of hydrogen-bond donors (Lipinski definition) is 0. The lowest BCUT2D eigenvalue weighted by Crippen LogP contribution is -2.57. The van der Waals surface area contributed by atoms with Gasteiger partial charge in [0, 0.05) is 5.41 Å². The van der Waals surface area contributed by atoms with Crippen LogP contribution in [0.25, 0.3) is 0 Å². The van der Waals surface area contributed by atoms with Crippen LogP contribution in [0, 0.1) is 28.6 Å². The molecule has 120 valence electrons. The maximum atomic E-state index is 12.6. The maximum absolute atomic E-state index is 12.6. The van der Waals surface area contributed by atoms with Crippen molar-refractivity contribution in [3.8, 4) is 0 Å². The molecule has 0 aromatic carbocycles. The first-order valence-electron chi connectivity index (χ1n) is 9.11. The molecular formula is C19H32O2. The van der Waals surface area contributed by atoms with Gasteiger partial charge in [0.05, 0.1) is 5.41 Å². The lowest BCUT2D eigenvalue weighted by Gasteiger charge is -2.60. The van der Waals surface area contributed by atoms with Crippen molar-refractivity contribution in [3.63, 3.8) is 0 Å². The SMILES string of the molecule is CCCC12CC3CC(CC(C3)C1OC(=O)C(C)(C)CC)C2. The Morgan fingerprint density at radius 1 is 1.14 bits per heavy atom. The number of carbonyl (C=O) groups is 1. The van der Waals surface area contributed by atoms with E-state index < -0.39 is 0 Å². The lowest BCUT2D eigenvalue weighted by molar-refractivity contribution is -0.203. The monoisotopic (exact) mass is 292 g/mol. The van der Waals surface area contributed by atoms with Gasteiger partial charge in [0.2, 0.25) is 0 Å². The van der Waals surface area contributed by atoms with Crippen molar-refractivity contribution in [2.45, 2.75) is 85.2 Å². The highest BCUT2D eigenvalue weighted by Crippen LogP contribution is 2.62. The number of carbonyl (C=O) groups excluding carboxylic acids is 1. The van der Waals surface area contributed by atoms with Crippen LogP contribution in [-0.2, 0) is 9.53 Å². The molecule has 21 heavy (non-hydrogen) atoms. The van der Waals surface area contributed by atoms with Crippen molar-refractivity contribution in [2.75, 3.05) is 0 Å². The topological polar surface area (TPSA) is 26.3 Å². The lowest BCUT2D eigenvalue weighted by atomic mass is 9.47. The minimum Gasteiger partial charge on any atom is -0.461 e. The quantitative estimate of drug-likeness (QED) is 0.669. The molecule has 2 heteroatoms. The molecule has 0 heterocycles. The largest absolute Gasteiger partial charge is 0.461 e. The predicted octanol–water partition coefficient (Wildman–Crippen LogP) is 4.96. The minimum absolute atomic E-state index is 0.0398. The molecule has 0 aromatic rings. The summed E-state index contributed by atoms with van der Waals surface area (Å²) in [5.41, 5.74) is -0.00888. The average molecular weight is 292 g/mol. The summed E-state index contributed by atoms with van der Waals surface area (Å²) >= 11 is 0. The average Bonchev–Trinajstić information content (AvgIpc) is 2.42. The van der Waals surface area contributed by atoms with Crippen LogP contribution in [0.3, 0.4) is 0 Å². The third-order valence-corrected chi connectivity index (χ3v) is 6.78. The first kappa shape index (κ1) is 15.4. The third-order valence-electron chi connectivity index (χ3n) is 6.78. The highest BCUT2D eigenvalue weighted by Gasteiger charge is 2.58. The van der Waals surface area contributed by atoms with E-state index in [9.17, 15) is 4.79 Å². The van der Waals surface area contributed by atoms with Crippen LogP contribution < -0.4 is 0 Å². The van der Waals surface area contributed by atoms with Crippen molar-refractivity contribution in [1.29, 1.82) is 0 Å². The van der Waals surface area contributed by atoms with Crippen molar-refractivity contribution in [2.24, 2.45) is 28.6 Å². The smallest absolute Gasteiger partial charge is 0.311 e. The summed E-state index contributed by atoms with van der Waals surface area (Å²) in [5.74, 6) is 2.53. The summed E-state index contributed by atoms with van der Waals surface area (Å²) in [7, 11) is 0. The van der Waals surface area contributed by atoms with Crippen LogP contribution in [0.15, 0.2) is 0 Å². The molecule has 0 aliphatic heterocycles. The molecule has 4 bridgehead atoms. The number of rotatable bonds is 5. The van der Waals surface area contributed by atoms with Gasteiger partial charge in [-0.2, -0.15) is 0 Å². The molecule has 0 aromatic heterocycles. The molecule has 2 nitrogen and oxygen atoms in total. The van der Waals surface area contributed by atoms with E-state index >= 15 is 0 Å². The fourth-order valence-electron chi connectivity index (χ4n) is 5.65. The molecule has 4 fully saturated rings. The fourth-order valence-corrected chi connectivity index (χ4v) is 5.65. The van der Waals surface area contributed by atoms with E-state index in [-0.39, 0.29) is 17.5 Å². The molecule has 0 N–H and O–H groups in total. The summed E-state index contributed by atoms with van der Waals surface area (Å²) in [6, 6.07) is 0. The third kappa shape index (κ3) is 2.53. The molecule has 0 saturated heterocycles. The number of ether oxygens (including phenoxy) is 1. The number of esters is 1. The van der Waals surface area contributed by atoms with Gasteiger partial charge < -0.3 is 4.74 Å². The summed E-state index contributed by atoms with van der Waals surface area (Å²) in [6.07, 6.45) is 10.2. The Morgan fingerprint density at radius 3 is 2.29 bits per heavy atom. The molecule has 0 amide bonds. The van der Waals surface area contributed by atoms with E-state index in [1.807, 2.05) is 13.8 Å². The normalized spacial score (nSPS) is 41.3. The molecule has 4 rings (SSSR count). The Kier molecular flexibility index (Phi) is 3.86. The van der Waals surface area contributed by atoms with Gasteiger partial charge in [0.1, 0.15) is 6.10 Å². The highest BCUT2D eigenvalue weighted by molar-refractivity contribution is 5.76. The van der Waals surface area contributed by atoms with Gasteiger partial charge >= 0.3 is 5.97 Å². The zero-order valence-corrected chi connectivity index (χ0v) is 14.3. The Bertz CT molecular complexity index is 398. The van der Waals surface area contributed by atoms with E-state index in [0.29, 0.717) is 11.3 Å². The second kappa shape index (κ2) is 5.28. The van der Waals surface area contributed by atoms with Crippen LogP contribution in [0.4, 0.5) is 0 Å². The molecular weight excluding hydrogens is 260 g/mol. The molecule has 0 spiro atoms. The van der Waals surface area contributed by atoms with Gasteiger partial charge in [-0.1, -0.05) is 20.3 Å². The fraction of sp³-hybridized carbons (Fsp3) is 0.947. The number of hydrogen-bond acceptors (Lipinski definition) is 2. The Morgan fingerprint density at radius 2 is 1.76 bits per heavy atom. The van der Waals surface area contributed by atoms with Gasteiger partial charge in [-0.05, 0) is 76.5 Å². The van der Waals surface area contributed by atoms with Gasteiger partial charge in [0.15, 0.2) is 0 Å². The minimum atomic E-state index is -0.331. The van der Waals surface area contributed by atoms with Gasteiger partial charge in [0.25, 0.3) is 0 Å². The van der Waals surface area contributed by atoms with E-state index in [2.05, 4.69) is 13.8 Å². The molecule has 0 radical (unpaired) electrons. The van der Waals surface area contributed by atoms with Crippen LogP contribution >= 0.6 is 0 Å². The van der Waals surface area contributed by atoms with Crippen molar-refractivity contribution in [1.82, 2.24) is 0 Å². The van der Waals surface area contributed by atoms with Crippen LogP contribution in [0.1, 0.15) is 79.1 Å². The second-order valence-electron chi connectivity index (χ2n) is 8.78. The summed E-state index contributed by atoms with van der Waals surface area (Å²) in [5, 5.41) is 0. The van der Waals surface area contributed by atoms with Crippen LogP contribution in [0.2, 0.25) is 0 Å². The standard InChI is InChI=1S/C19H32O2/c1-5-7-19-11-13-8-14(12-19)10-15(9-13)16(19)21-17(20)18(3,4)6-2/h13-16H,5-12H2,1-4H3. The summed E-state index contributed by atoms with van der Waals surface area (Å²) < 4.78 is 6.20. The molecule has 4 aliphatic carbocycles. The Balaban J connectivity index is 1.81. The van der Waals surface area contributed by atoms with Crippen LogP contribution in [0.5, 0.6) is 0 Å². The predicted molar refractivity (Wildman–Crippen MR) is 84.8 cm³/mol. The van der Waals surface area contributed by atoms with E-state index in [4.69, 9.17) is 4.74 Å².